The molecule has 1 aromatic heterocycles. The van der Waals surface area contributed by atoms with E-state index >= 15 is 0 Å². The highest BCUT2D eigenvalue weighted by Crippen LogP contribution is 2.15. The average Bonchev–Trinajstić information content (AvgIpc) is 2.55. The van der Waals surface area contributed by atoms with E-state index in [-0.39, 0.29) is 5.97 Å². The zero-order valence-electron chi connectivity index (χ0n) is 7.37. The minimum Gasteiger partial charge on any atom is -0.465 e. The molecular formula is C9H7IN2O2. The van der Waals surface area contributed by atoms with Crippen LogP contribution in [0.5, 0.6) is 0 Å². The lowest BCUT2D eigenvalue weighted by molar-refractivity contribution is 0.0601. The molecule has 4 nitrogen and oxygen atoms in total. The highest BCUT2D eigenvalue weighted by Gasteiger charge is 2.07. The van der Waals surface area contributed by atoms with Crippen molar-refractivity contribution in [1.29, 1.82) is 0 Å². The number of rotatable bonds is 1. The molecule has 0 aliphatic carbocycles. The van der Waals surface area contributed by atoms with Crippen LogP contribution >= 0.6 is 22.6 Å². The van der Waals surface area contributed by atoms with E-state index in [9.17, 15) is 4.79 Å². The fraction of sp³-hybridized carbons (Fsp3) is 0.111. The standard InChI is InChI=1S/C9H7IN2O2/c1-14-8(13)5-2-3-6-7(4-5)12-9(10)11-6/h2-4H,1H3,(H,11,12). The minimum atomic E-state index is -0.337. The molecule has 1 N–H and O–H groups in total. The Labute approximate surface area is 93.8 Å². The van der Waals surface area contributed by atoms with Crippen molar-refractivity contribution in [2.24, 2.45) is 0 Å². The number of carbonyl (C=O) groups excluding carboxylic acids is 1. The highest BCUT2D eigenvalue weighted by atomic mass is 127. The van der Waals surface area contributed by atoms with Crippen LogP contribution < -0.4 is 0 Å². The Morgan fingerprint density at radius 3 is 3.07 bits per heavy atom. The SMILES string of the molecule is COC(=O)c1ccc2nc(I)[nH]c2c1. The second-order valence-electron chi connectivity index (χ2n) is 2.75. The van der Waals surface area contributed by atoms with Gasteiger partial charge < -0.3 is 9.72 Å². The summed E-state index contributed by atoms with van der Waals surface area (Å²) in [6.45, 7) is 0. The number of fused-ring (bicyclic) bond motifs is 1. The van der Waals surface area contributed by atoms with Crippen LogP contribution in [0.1, 0.15) is 10.4 Å². The molecule has 1 heterocycles. The lowest BCUT2D eigenvalue weighted by Crippen LogP contribution is -2.00. The molecule has 0 saturated carbocycles. The van der Waals surface area contributed by atoms with Gasteiger partial charge in [-0.25, -0.2) is 9.78 Å². The molecule has 0 atom stereocenters. The number of hydrogen-bond acceptors (Lipinski definition) is 3. The number of nitrogens with zero attached hydrogens (tertiary/aromatic N) is 1. The molecule has 0 radical (unpaired) electrons. The van der Waals surface area contributed by atoms with E-state index in [0.717, 1.165) is 14.9 Å². The zero-order valence-corrected chi connectivity index (χ0v) is 9.53. The number of aromatic nitrogens is 2. The van der Waals surface area contributed by atoms with Gasteiger partial charge >= 0.3 is 5.97 Å². The molecule has 0 saturated heterocycles. The van der Waals surface area contributed by atoms with Crippen LogP contribution in [-0.2, 0) is 4.74 Å². The summed E-state index contributed by atoms with van der Waals surface area (Å²) in [7, 11) is 1.36. The fourth-order valence-corrected chi connectivity index (χ4v) is 1.77. The number of esters is 1. The van der Waals surface area contributed by atoms with Gasteiger partial charge in [0.25, 0.3) is 0 Å². The Kier molecular flexibility index (Phi) is 2.40. The van der Waals surface area contributed by atoms with Crippen LogP contribution in [0.2, 0.25) is 0 Å². The monoisotopic (exact) mass is 302 g/mol. The summed E-state index contributed by atoms with van der Waals surface area (Å²) in [5.41, 5.74) is 2.22. The van der Waals surface area contributed by atoms with Gasteiger partial charge in [0.2, 0.25) is 0 Å². The number of H-pyrrole nitrogens is 1. The van der Waals surface area contributed by atoms with Crippen LogP contribution in [0, 0.1) is 3.83 Å². The van der Waals surface area contributed by atoms with Gasteiger partial charge in [0.05, 0.1) is 23.7 Å². The van der Waals surface area contributed by atoms with Gasteiger partial charge in [-0.3, -0.25) is 0 Å². The Morgan fingerprint density at radius 1 is 1.57 bits per heavy atom. The molecule has 0 spiro atoms. The van der Waals surface area contributed by atoms with Crippen molar-refractivity contribution in [3.63, 3.8) is 0 Å². The maximum Gasteiger partial charge on any atom is 0.337 e. The van der Waals surface area contributed by atoms with Crippen molar-refractivity contribution in [2.45, 2.75) is 0 Å². The van der Waals surface area contributed by atoms with Gasteiger partial charge in [-0.15, -0.1) is 0 Å². The molecule has 0 aliphatic heterocycles. The summed E-state index contributed by atoms with van der Waals surface area (Å²) >= 11 is 2.09. The molecule has 14 heavy (non-hydrogen) atoms. The van der Waals surface area contributed by atoms with Crippen molar-refractivity contribution < 1.29 is 9.53 Å². The number of methoxy groups -OCH3 is 1. The topological polar surface area (TPSA) is 55.0 Å². The predicted molar refractivity (Wildman–Crippen MR) is 60.2 cm³/mol. The molecule has 0 unspecified atom stereocenters. The normalized spacial score (nSPS) is 10.4. The number of hydrogen-bond donors (Lipinski definition) is 1. The predicted octanol–water partition coefficient (Wildman–Crippen LogP) is 1.95. The molecule has 72 valence electrons. The van der Waals surface area contributed by atoms with Crippen LogP contribution in [0.15, 0.2) is 18.2 Å². The zero-order chi connectivity index (χ0) is 10.1. The van der Waals surface area contributed by atoms with E-state index in [1.54, 1.807) is 18.2 Å². The van der Waals surface area contributed by atoms with Gasteiger partial charge in [-0.1, -0.05) is 0 Å². The molecule has 0 aliphatic rings. The van der Waals surface area contributed by atoms with Gasteiger partial charge in [0.1, 0.15) is 0 Å². The first-order chi connectivity index (χ1) is 6.70. The number of imidazole rings is 1. The quantitative estimate of drug-likeness (QED) is 0.647. The molecule has 5 heteroatoms. The first-order valence-corrected chi connectivity index (χ1v) is 5.02. The van der Waals surface area contributed by atoms with Crippen molar-refractivity contribution in [3.8, 4) is 0 Å². The molecule has 0 bridgehead atoms. The van der Waals surface area contributed by atoms with Gasteiger partial charge in [-0.2, -0.15) is 0 Å². The number of carbonyl (C=O) groups is 1. The van der Waals surface area contributed by atoms with E-state index in [4.69, 9.17) is 0 Å². The number of aromatic amines is 1. The number of ether oxygens (including phenoxy) is 1. The molecule has 0 amide bonds. The Morgan fingerprint density at radius 2 is 2.36 bits per heavy atom. The Hall–Kier alpha value is -1.11. The first-order valence-electron chi connectivity index (χ1n) is 3.94. The third kappa shape index (κ3) is 1.59. The van der Waals surface area contributed by atoms with E-state index in [2.05, 4.69) is 37.3 Å². The summed E-state index contributed by atoms with van der Waals surface area (Å²) in [6, 6.07) is 5.22. The summed E-state index contributed by atoms with van der Waals surface area (Å²) in [4.78, 5) is 18.5. The van der Waals surface area contributed by atoms with E-state index in [1.165, 1.54) is 7.11 Å². The van der Waals surface area contributed by atoms with E-state index < -0.39 is 0 Å². The third-order valence-electron chi connectivity index (χ3n) is 1.87. The summed E-state index contributed by atoms with van der Waals surface area (Å²) < 4.78 is 5.42. The summed E-state index contributed by atoms with van der Waals surface area (Å²) in [6.07, 6.45) is 0. The highest BCUT2D eigenvalue weighted by molar-refractivity contribution is 14.1. The first kappa shape index (κ1) is 9.45. The maximum atomic E-state index is 11.2. The number of halogens is 1. The Bertz CT molecular complexity index is 493. The smallest absolute Gasteiger partial charge is 0.337 e. The van der Waals surface area contributed by atoms with Crippen molar-refractivity contribution in [1.82, 2.24) is 9.97 Å². The van der Waals surface area contributed by atoms with E-state index in [0.29, 0.717) is 5.56 Å². The van der Waals surface area contributed by atoms with Crippen LogP contribution in [0.4, 0.5) is 0 Å². The summed E-state index contributed by atoms with van der Waals surface area (Å²) in [5.74, 6) is -0.337. The third-order valence-corrected chi connectivity index (χ3v) is 2.38. The molecular weight excluding hydrogens is 295 g/mol. The van der Waals surface area contributed by atoms with Crippen LogP contribution in [-0.4, -0.2) is 23.0 Å². The molecule has 2 aromatic rings. The second-order valence-corrected chi connectivity index (χ2v) is 3.77. The van der Waals surface area contributed by atoms with Gasteiger partial charge in [0.15, 0.2) is 3.83 Å². The van der Waals surface area contributed by atoms with Crippen LogP contribution in [0.3, 0.4) is 0 Å². The van der Waals surface area contributed by atoms with Gasteiger partial charge in [-0.05, 0) is 40.8 Å². The minimum absolute atomic E-state index is 0.337. The van der Waals surface area contributed by atoms with E-state index in [1.807, 2.05) is 0 Å². The van der Waals surface area contributed by atoms with Gasteiger partial charge in [0, 0.05) is 0 Å². The summed E-state index contributed by atoms with van der Waals surface area (Å²) in [5, 5.41) is 0. The average molecular weight is 302 g/mol. The van der Waals surface area contributed by atoms with Crippen molar-refractivity contribution in [2.75, 3.05) is 7.11 Å². The lowest BCUT2D eigenvalue weighted by atomic mass is 10.2. The Balaban J connectivity index is 2.55. The largest absolute Gasteiger partial charge is 0.465 e. The van der Waals surface area contributed by atoms with Crippen molar-refractivity contribution in [3.05, 3.63) is 27.6 Å². The number of nitrogens with one attached hydrogen (secondary N) is 1. The molecule has 0 fully saturated rings. The fourth-order valence-electron chi connectivity index (χ4n) is 1.22. The maximum absolute atomic E-state index is 11.2. The number of benzene rings is 1. The molecule has 2 rings (SSSR count). The van der Waals surface area contributed by atoms with Crippen molar-refractivity contribution >= 4 is 39.6 Å². The lowest BCUT2D eigenvalue weighted by Gasteiger charge is -1.97. The van der Waals surface area contributed by atoms with Crippen LogP contribution in [0.25, 0.3) is 11.0 Å². The molecule has 1 aromatic carbocycles. The second kappa shape index (κ2) is 3.56.